The minimum atomic E-state index is -0.992. The number of aromatic carboxylic acids is 1. The van der Waals surface area contributed by atoms with Gasteiger partial charge in [0.05, 0.1) is 41.1 Å². The number of fused-ring (bicyclic) bond motifs is 1. The molecule has 0 unspecified atom stereocenters. The van der Waals surface area contributed by atoms with Crippen LogP contribution in [-0.4, -0.2) is 35.3 Å². The van der Waals surface area contributed by atoms with Gasteiger partial charge in [0.15, 0.2) is 4.80 Å². The van der Waals surface area contributed by atoms with Crippen LogP contribution in [0.25, 0.3) is 6.08 Å². The van der Waals surface area contributed by atoms with Gasteiger partial charge < -0.3 is 19.3 Å². The van der Waals surface area contributed by atoms with Gasteiger partial charge >= 0.3 is 11.9 Å². The second-order valence-corrected chi connectivity index (χ2v) is 11.0. The highest BCUT2D eigenvalue weighted by Gasteiger charge is 2.34. The summed E-state index contributed by atoms with van der Waals surface area (Å²) in [6.45, 7) is 4.17. The maximum absolute atomic E-state index is 14.1. The Balaban J connectivity index is 1.60. The number of ether oxygens (including phenoxy) is 3. The number of para-hydroxylation sites is 1. The highest BCUT2D eigenvalue weighted by Crippen LogP contribution is 2.34. The molecule has 0 saturated carbocycles. The normalized spacial score (nSPS) is 14.5. The molecular weight excluding hydrogens is 580 g/mol. The van der Waals surface area contributed by atoms with Crippen molar-refractivity contribution < 1.29 is 28.9 Å². The van der Waals surface area contributed by atoms with Crippen molar-refractivity contribution in [1.82, 2.24) is 4.57 Å². The highest BCUT2D eigenvalue weighted by molar-refractivity contribution is 7.07. The number of esters is 1. The van der Waals surface area contributed by atoms with Crippen molar-refractivity contribution >= 4 is 29.4 Å². The number of carboxylic acids is 1. The first-order valence-electron chi connectivity index (χ1n) is 14.2. The predicted molar refractivity (Wildman–Crippen MR) is 167 cm³/mol. The molecule has 9 nitrogen and oxygen atoms in total. The molecule has 0 spiro atoms. The molecule has 0 amide bonds. The zero-order valence-electron chi connectivity index (χ0n) is 24.6. The van der Waals surface area contributed by atoms with Crippen LogP contribution in [0.4, 0.5) is 0 Å². The van der Waals surface area contributed by atoms with E-state index in [9.17, 15) is 14.4 Å². The highest BCUT2D eigenvalue weighted by atomic mass is 32.1. The molecule has 1 aliphatic heterocycles. The van der Waals surface area contributed by atoms with Gasteiger partial charge in [0, 0.05) is 5.56 Å². The number of carboxylic acid groups (broad SMARTS) is 1. The Labute approximate surface area is 258 Å². The predicted octanol–water partition coefficient (Wildman–Crippen LogP) is 4.86. The Bertz CT molecular complexity index is 1900. The van der Waals surface area contributed by atoms with Crippen LogP contribution in [0.1, 0.15) is 59.8 Å². The number of methoxy groups -OCH3 is 1. The first-order valence-corrected chi connectivity index (χ1v) is 15.1. The first kappa shape index (κ1) is 30.5. The van der Waals surface area contributed by atoms with E-state index in [0.717, 1.165) is 12.0 Å². The summed E-state index contributed by atoms with van der Waals surface area (Å²) in [5, 5.41) is 9.16. The molecule has 0 aliphatic carbocycles. The summed E-state index contributed by atoms with van der Waals surface area (Å²) >= 11 is 1.25. The molecule has 1 N–H and O–H groups in total. The zero-order valence-corrected chi connectivity index (χ0v) is 25.4. The van der Waals surface area contributed by atoms with Crippen LogP contribution in [0.15, 0.2) is 93.9 Å². The van der Waals surface area contributed by atoms with Gasteiger partial charge in [-0.3, -0.25) is 9.36 Å². The fourth-order valence-electron chi connectivity index (χ4n) is 5.03. The van der Waals surface area contributed by atoms with Crippen LogP contribution in [-0.2, 0) is 16.1 Å². The van der Waals surface area contributed by atoms with Crippen LogP contribution >= 0.6 is 11.3 Å². The summed E-state index contributed by atoms with van der Waals surface area (Å²) in [4.78, 5) is 44.0. The number of aromatic nitrogens is 1. The lowest BCUT2D eigenvalue weighted by atomic mass is 9.94. The van der Waals surface area contributed by atoms with Crippen molar-refractivity contribution in [3.63, 3.8) is 0 Å². The summed E-state index contributed by atoms with van der Waals surface area (Å²) in [6, 6.07) is 20.4. The lowest BCUT2D eigenvalue weighted by molar-refractivity contribution is -0.139. The summed E-state index contributed by atoms with van der Waals surface area (Å²) in [5.41, 5.74) is 3.06. The molecule has 0 bridgehead atoms. The first-order chi connectivity index (χ1) is 21.3. The molecule has 226 valence electrons. The van der Waals surface area contributed by atoms with Gasteiger partial charge in [-0.15, -0.1) is 0 Å². The number of hydrogen-bond acceptors (Lipinski definition) is 8. The molecule has 1 aromatic heterocycles. The minimum Gasteiger partial charge on any atom is -0.497 e. The molecule has 1 atom stereocenters. The number of rotatable bonds is 11. The van der Waals surface area contributed by atoms with Crippen molar-refractivity contribution in [3.8, 4) is 11.5 Å². The zero-order chi connectivity index (χ0) is 31.2. The van der Waals surface area contributed by atoms with Crippen molar-refractivity contribution in [1.29, 1.82) is 0 Å². The van der Waals surface area contributed by atoms with E-state index >= 15 is 0 Å². The van der Waals surface area contributed by atoms with Crippen molar-refractivity contribution in [2.75, 3.05) is 13.7 Å². The topological polar surface area (TPSA) is 116 Å². The maximum Gasteiger partial charge on any atom is 0.338 e. The van der Waals surface area contributed by atoms with Crippen LogP contribution in [0.3, 0.4) is 0 Å². The molecule has 0 fully saturated rings. The third-order valence-electron chi connectivity index (χ3n) is 7.10. The molecule has 3 aromatic carbocycles. The number of carbonyl (C=O) groups is 2. The van der Waals surface area contributed by atoms with Gasteiger partial charge in [0.1, 0.15) is 18.1 Å². The molecule has 0 radical (unpaired) electrons. The van der Waals surface area contributed by atoms with E-state index in [1.54, 1.807) is 36.8 Å². The van der Waals surface area contributed by atoms with E-state index in [1.165, 1.54) is 23.5 Å². The Morgan fingerprint density at radius 3 is 2.52 bits per heavy atom. The number of carbonyl (C=O) groups excluding carboxylic acids is 1. The SMILES string of the molecule is CCCC1=C(C(=O)OCC)[C@@H](c2cccc(OC)c2)n2c(s/c(=C\c3ccccc3OCc3ccc(C(=O)O)cc3)c2=O)=N1. The Kier molecular flexibility index (Phi) is 9.40. The average Bonchev–Trinajstić information content (AvgIpc) is 3.34. The summed E-state index contributed by atoms with van der Waals surface area (Å²) < 4.78 is 19.0. The number of benzene rings is 3. The van der Waals surface area contributed by atoms with E-state index in [1.807, 2.05) is 55.5 Å². The molecule has 2 heterocycles. The van der Waals surface area contributed by atoms with E-state index < -0.39 is 18.0 Å². The fraction of sp³-hybridized carbons (Fsp3) is 0.235. The van der Waals surface area contributed by atoms with E-state index in [0.29, 0.717) is 49.7 Å². The number of allylic oxidation sites excluding steroid dienone is 1. The smallest absolute Gasteiger partial charge is 0.338 e. The number of thiazole rings is 1. The average molecular weight is 613 g/mol. The second kappa shape index (κ2) is 13.6. The summed E-state index contributed by atoms with van der Waals surface area (Å²) in [5.74, 6) is -0.333. The minimum absolute atomic E-state index is 0.192. The monoisotopic (exact) mass is 612 g/mol. The molecule has 4 aromatic rings. The van der Waals surface area contributed by atoms with Crippen molar-refractivity contribution in [2.45, 2.75) is 39.3 Å². The van der Waals surface area contributed by atoms with Gasteiger partial charge in [0.25, 0.3) is 5.56 Å². The Hall–Kier alpha value is -4.96. The Morgan fingerprint density at radius 2 is 1.82 bits per heavy atom. The molecule has 10 heteroatoms. The van der Waals surface area contributed by atoms with Gasteiger partial charge in [0.2, 0.25) is 0 Å². The molecule has 1 aliphatic rings. The van der Waals surface area contributed by atoms with Crippen LogP contribution in [0.5, 0.6) is 11.5 Å². The van der Waals surface area contributed by atoms with Crippen molar-refractivity contribution in [3.05, 3.63) is 126 Å². The second-order valence-electron chi connectivity index (χ2n) is 10.0. The lowest BCUT2D eigenvalue weighted by Gasteiger charge is -2.26. The summed E-state index contributed by atoms with van der Waals surface area (Å²) in [6.07, 6.45) is 3.07. The van der Waals surface area contributed by atoms with Crippen LogP contribution in [0.2, 0.25) is 0 Å². The van der Waals surface area contributed by atoms with Gasteiger partial charge in [-0.25, -0.2) is 14.6 Å². The molecule has 5 rings (SSSR count). The van der Waals surface area contributed by atoms with Gasteiger partial charge in [-0.1, -0.05) is 67.1 Å². The number of nitrogens with zero attached hydrogens (tertiary/aromatic N) is 2. The third kappa shape index (κ3) is 6.35. The van der Waals surface area contributed by atoms with Crippen LogP contribution in [0, 0.1) is 0 Å². The molecular formula is C34H32N2O7S. The van der Waals surface area contributed by atoms with E-state index in [-0.39, 0.29) is 24.3 Å². The Morgan fingerprint density at radius 1 is 1.05 bits per heavy atom. The molecule has 44 heavy (non-hydrogen) atoms. The van der Waals surface area contributed by atoms with Crippen LogP contribution < -0.4 is 24.4 Å². The lowest BCUT2D eigenvalue weighted by Crippen LogP contribution is -2.40. The maximum atomic E-state index is 14.1. The van der Waals surface area contributed by atoms with E-state index in [2.05, 4.69) is 0 Å². The van der Waals surface area contributed by atoms with Gasteiger partial charge in [-0.05, 0) is 60.9 Å². The fourth-order valence-corrected chi connectivity index (χ4v) is 6.04. The quantitative estimate of drug-likeness (QED) is 0.241. The van der Waals surface area contributed by atoms with Crippen molar-refractivity contribution in [2.24, 2.45) is 4.99 Å². The van der Waals surface area contributed by atoms with E-state index in [4.69, 9.17) is 24.3 Å². The third-order valence-corrected chi connectivity index (χ3v) is 8.09. The summed E-state index contributed by atoms with van der Waals surface area (Å²) in [7, 11) is 1.57. The van der Waals surface area contributed by atoms with Gasteiger partial charge in [-0.2, -0.15) is 0 Å². The number of hydrogen-bond donors (Lipinski definition) is 1. The largest absolute Gasteiger partial charge is 0.497 e. The molecule has 0 saturated heterocycles. The standard InChI is InChI=1S/C34H32N2O7S/c1-4-9-26-29(33(40)42-5-2)30(24-11-8-12-25(18-24)41-3)36-31(37)28(44-34(36)35-26)19-23-10-6-7-13-27(23)43-20-21-14-16-22(17-15-21)32(38)39/h6-8,10-19,30H,4-5,9,20H2,1-3H3,(H,38,39)/b28-19-/t30-/m1/s1.